The number of nitrogens with zero attached hydrogens (tertiary/aromatic N) is 1. The van der Waals surface area contributed by atoms with Crippen LogP contribution in [0.2, 0.25) is 0 Å². The Labute approximate surface area is 88.1 Å². The van der Waals surface area contributed by atoms with Crippen LogP contribution in [0, 0.1) is 0 Å². The molecular weight excluding hydrogens is 216 g/mol. The SMILES string of the molecule is Nc1ccc(NS(=O)(=O)NC2CC2)nc1. The van der Waals surface area contributed by atoms with E-state index < -0.39 is 10.2 Å². The molecule has 4 N–H and O–H groups in total. The summed E-state index contributed by atoms with van der Waals surface area (Å²) < 4.78 is 27.7. The first-order chi connectivity index (χ1) is 7.05. The van der Waals surface area contributed by atoms with E-state index in [0.717, 1.165) is 12.8 Å². The molecule has 82 valence electrons. The highest BCUT2D eigenvalue weighted by Crippen LogP contribution is 2.20. The normalized spacial score (nSPS) is 16.3. The molecule has 1 aliphatic carbocycles. The maximum Gasteiger partial charge on any atom is 0.300 e. The van der Waals surface area contributed by atoms with Gasteiger partial charge in [-0.05, 0) is 25.0 Å². The van der Waals surface area contributed by atoms with Gasteiger partial charge in [0.05, 0.1) is 11.9 Å². The predicted molar refractivity (Wildman–Crippen MR) is 57.3 cm³/mol. The number of anilines is 2. The van der Waals surface area contributed by atoms with Crippen molar-refractivity contribution in [3.63, 3.8) is 0 Å². The van der Waals surface area contributed by atoms with Gasteiger partial charge in [-0.1, -0.05) is 0 Å². The van der Waals surface area contributed by atoms with Crippen molar-refractivity contribution in [3.8, 4) is 0 Å². The summed E-state index contributed by atoms with van der Waals surface area (Å²) in [5, 5.41) is 0. The minimum atomic E-state index is -3.49. The quantitative estimate of drug-likeness (QED) is 0.679. The van der Waals surface area contributed by atoms with Gasteiger partial charge in [-0.3, -0.25) is 4.72 Å². The first-order valence-electron chi connectivity index (χ1n) is 4.57. The van der Waals surface area contributed by atoms with E-state index >= 15 is 0 Å². The van der Waals surface area contributed by atoms with Crippen LogP contribution in [0.25, 0.3) is 0 Å². The summed E-state index contributed by atoms with van der Waals surface area (Å²) in [5.41, 5.74) is 5.92. The van der Waals surface area contributed by atoms with Crippen molar-refractivity contribution in [2.24, 2.45) is 0 Å². The molecule has 0 amide bonds. The Morgan fingerprint density at radius 3 is 2.67 bits per heavy atom. The second-order valence-electron chi connectivity index (χ2n) is 3.47. The largest absolute Gasteiger partial charge is 0.397 e. The molecule has 1 aliphatic rings. The fraction of sp³-hybridized carbons (Fsp3) is 0.375. The van der Waals surface area contributed by atoms with E-state index in [2.05, 4.69) is 14.4 Å². The van der Waals surface area contributed by atoms with E-state index in [0.29, 0.717) is 5.69 Å². The number of nitrogens with two attached hydrogens (primary N) is 1. The van der Waals surface area contributed by atoms with E-state index in [1.807, 2.05) is 0 Å². The van der Waals surface area contributed by atoms with Crippen LogP contribution < -0.4 is 15.2 Å². The third kappa shape index (κ3) is 3.07. The molecule has 1 aromatic heterocycles. The smallest absolute Gasteiger partial charge is 0.300 e. The summed E-state index contributed by atoms with van der Waals surface area (Å²) in [4.78, 5) is 3.84. The number of hydrogen-bond donors (Lipinski definition) is 3. The Kier molecular flexibility index (Phi) is 2.49. The number of pyridine rings is 1. The van der Waals surface area contributed by atoms with Crippen LogP contribution in [0.4, 0.5) is 11.5 Å². The van der Waals surface area contributed by atoms with Gasteiger partial charge in [0, 0.05) is 6.04 Å². The maximum atomic E-state index is 11.4. The minimum absolute atomic E-state index is 0.0799. The average Bonchev–Trinajstić information content (AvgIpc) is 2.91. The summed E-state index contributed by atoms with van der Waals surface area (Å²) in [6.45, 7) is 0. The third-order valence-electron chi connectivity index (χ3n) is 1.92. The summed E-state index contributed by atoms with van der Waals surface area (Å²) >= 11 is 0. The highest BCUT2D eigenvalue weighted by atomic mass is 32.2. The summed E-state index contributed by atoms with van der Waals surface area (Å²) in [6.07, 6.45) is 3.20. The molecule has 0 saturated heterocycles. The standard InChI is InChI=1S/C8H12N4O2S/c9-6-1-4-8(10-5-6)12-15(13,14)11-7-2-3-7/h1,4-5,7,11H,2-3,9H2,(H,10,12). The van der Waals surface area contributed by atoms with Gasteiger partial charge in [-0.25, -0.2) is 4.98 Å². The lowest BCUT2D eigenvalue weighted by Crippen LogP contribution is -2.32. The molecule has 1 aromatic rings. The van der Waals surface area contributed by atoms with Crippen molar-refractivity contribution in [2.45, 2.75) is 18.9 Å². The molecule has 1 fully saturated rings. The lowest BCUT2D eigenvalue weighted by molar-refractivity contribution is 0.586. The average molecular weight is 228 g/mol. The van der Waals surface area contributed by atoms with Crippen molar-refractivity contribution < 1.29 is 8.42 Å². The lowest BCUT2D eigenvalue weighted by Gasteiger charge is -2.07. The number of rotatable bonds is 4. The van der Waals surface area contributed by atoms with Crippen molar-refractivity contribution in [3.05, 3.63) is 18.3 Å². The van der Waals surface area contributed by atoms with Gasteiger partial charge in [0.2, 0.25) is 0 Å². The van der Waals surface area contributed by atoms with Gasteiger partial charge < -0.3 is 5.73 Å². The topological polar surface area (TPSA) is 97.1 Å². The van der Waals surface area contributed by atoms with Gasteiger partial charge in [0.1, 0.15) is 5.82 Å². The van der Waals surface area contributed by atoms with E-state index in [9.17, 15) is 8.42 Å². The fourth-order valence-electron chi connectivity index (χ4n) is 1.05. The molecule has 15 heavy (non-hydrogen) atoms. The maximum absolute atomic E-state index is 11.4. The van der Waals surface area contributed by atoms with Crippen LogP contribution in [0.5, 0.6) is 0 Å². The molecular formula is C8H12N4O2S. The van der Waals surface area contributed by atoms with E-state index in [1.54, 1.807) is 6.07 Å². The molecule has 0 aliphatic heterocycles. The van der Waals surface area contributed by atoms with E-state index in [-0.39, 0.29) is 11.9 Å². The molecule has 0 spiro atoms. The minimum Gasteiger partial charge on any atom is -0.397 e. The Balaban J connectivity index is 2.03. The first-order valence-corrected chi connectivity index (χ1v) is 6.05. The molecule has 1 saturated carbocycles. The predicted octanol–water partition coefficient (Wildman–Crippen LogP) is 0.0725. The van der Waals surface area contributed by atoms with Crippen molar-refractivity contribution >= 4 is 21.7 Å². The van der Waals surface area contributed by atoms with Crippen LogP contribution in [-0.2, 0) is 10.2 Å². The monoisotopic (exact) mass is 228 g/mol. The first kappa shape index (κ1) is 10.2. The second kappa shape index (κ2) is 3.67. The van der Waals surface area contributed by atoms with Gasteiger partial charge >= 0.3 is 10.2 Å². The van der Waals surface area contributed by atoms with Crippen LogP contribution in [0.3, 0.4) is 0 Å². The molecule has 0 atom stereocenters. The number of aromatic nitrogens is 1. The van der Waals surface area contributed by atoms with Gasteiger partial charge in [0.25, 0.3) is 0 Å². The van der Waals surface area contributed by atoms with Crippen molar-refractivity contribution in [1.29, 1.82) is 0 Å². The van der Waals surface area contributed by atoms with E-state index in [1.165, 1.54) is 12.3 Å². The lowest BCUT2D eigenvalue weighted by atomic mass is 10.4. The fourth-order valence-corrected chi connectivity index (χ4v) is 2.18. The zero-order valence-electron chi connectivity index (χ0n) is 7.97. The van der Waals surface area contributed by atoms with E-state index in [4.69, 9.17) is 5.73 Å². The third-order valence-corrected chi connectivity index (χ3v) is 3.05. The zero-order valence-corrected chi connectivity index (χ0v) is 8.79. The van der Waals surface area contributed by atoms with Crippen LogP contribution in [-0.4, -0.2) is 19.4 Å². The Hall–Kier alpha value is -1.34. The summed E-state index contributed by atoms with van der Waals surface area (Å²) in [6, 6.07) is 3.18. The number of hydrogen-bond acceptors (Lipinski definition) is 4. The second-order valence-corrected chi connectivity index (χ2v) is 4.92. The Bertz CT molecular complexity index is 438. The Morgan fingerprint density at radius 1 is 1.40 bits per heavy atom. The van der Waals surface area contributed by atoms with Crippen molar-refractivity contribution in [1.82, 2.24) is 9.71 Å². The molecule has 2 rings (SSSR count). The molecule has 0 radical (unpaired) electrons. The van der Waals surface area contributed by atoms with Crippen LogP contribution >= 0.6 is 0 Å². The Morgan fingerprint density at radius 2 is 2.13 bits per heavy atom. The van der Waals surface area contributed by atoms with Crippen LogP contribution in [0.15, 0.2) is 18.3 Å². The van der Waals surface area contributed by atoms with Crippen molar-refractivity contribution in [2.75, 3.05) is 10.5 Å². The van der Waals surface area contributed by atoms with Gasteiger partial charge in [0.15, 0.2) is 0 Å². The molecule has 6 nitrogen and oxygen atoms in total. The molecule has 0 bridgehead atoms. The van der Waals surface area contributed by atoms with Crippen LogP contribution in [0.1, 0.15) is 12.8 Å². The highest BCUT2D eigenvalue weighted by Gasteiger charge is 2.26. The van der Waals surface area contributed by atoms with Gasteiger partial charge in [-0.15, -0.1) is 0 Å². The summed E-state index contributed by atoms with van der Waals surface area (Å²) in [7, 11) is -3.49. The number of nitrogens with one attached hydrogen (secondary N) is 2. The highest BCUT2D eigenvalue weighted by molar-refractivity contribution is 7.90. The molecule has 1 heterocycles. The molecule has 0 unspecified atom stereocenters. The molecule has 0 aromatic carbocycles. The zero-order chi connectivity index (χ0) is 10.9. The molecule has 7 heteroatoms. The number of nitrogen functional groups attached to an aromatic ring is 1. The van der Waals surface area contributed by atoms with Gasteiger partial charge in [-0.2, -0.15) is 13.1 Å². The summed E-state index contributed by atoms with van der Waals surface area (Å²) in [5.74, 6) is 0.261.